The summed E-state index contributed by atoms with van der Waals surface area (Å²) in [6.07, 6.45) is 0. The second-order valence-corrected chi connectivity index (χ2v) is 12.3. The van der Waals surface area contributed by atoms with E-state index in [9.17, 15) is 0 Å². The van der Waals surface area contributed by atoms with Gasteiger partial charge in [0.1, 0.15) is 0 Å². The Hall–Kier alpha value is -4.44. The number of rotatable bonds is 2. The van der Waals surface area contributed by atoms with Crippen LogP contribution in [0.25, 0.3) is 79.0 Å². The molecule has 0 spiro atoms. The van der Waals surface area contributed by atoms with Gasteiger partial charge in [-0.2, -0.15) is 0 Å². The molecule has 0 saturated carbocycles. The molecule has 9 aromatic rings. The Morgan fingerprint density at radius 2 is 1.26 bits per heavy atom. The van der Waals surface area contributed by atoms with E-state index in [1.165, 1.54) is 79.0 Å². The first-order chi connectivity index (χ1) is 19.3. The Kier molecular flexibility index (Phi) is 4.43. The van der Waals surface area contributed by atoms with Gasteiger partial charge in [0, 0.05) is 41.3 Å². The molecule has 0 radical (unpaired) electrons. The lowest BCUT2D eigenvalue weighted by atomic mass is 9.99. The molecule has 0 N–H and O–H groups in total. The van der Waals surface area contributed by atoms with Crippen molar-refractivity contribution in [3.05, 3.63) is 127 Å². The minimum atomic E-state index is 1.20. The molecular weight excluding hydrogens is 511 g/mol. The molecule has 0 aliphatic carbocycles. The lowest BCUT2D eigenvalue weighted by Crippen LogP contribution is -1.93. The molecule has 0 bridgehead atoms. The SMILES string of the molecule is c1ccc(-n2c3ccccc3c3sc4cccc(-c5ccc6c(c5)sc5cc7ccccc7cc56)c4c32)cc1. The molecule has 0 unspecified atom stereocenters. The van der Waals surface area contributed by atoms with Gasteiger partial charge in [-0.1, -0.05) is 84.9 Å². The molecule has 3 heterocycles. The van der Waals surface area contributed by atoms with Crippen LogP contribution in [0.5, 0.6) is 0 Å². The van der Waals surface area contributed by atoms with E-state index in [4.69, 9.17) is 0 Å². The Labute approximate surface area is 232 Å². The van der Waals surface area contributed by atoms with Gasteiger partial charge in [-0.3, -0.25) is 0 Å². The summed E-state index contributed by atoms with van der Waals surface area (Å²) in [5, 5.41) is 7.94. The number of para-hydroxylation sites is 2. The van der Waals surface area contributed by atoms with Gasteiger partial charge < -0.3 is 4.57 Å². The minimum Gasteiger partial charge on any atom is -0.308 e. The van der Waals surface area contributed by atoms with Gasteiger partial charge in [0.05, 0.1) is 15.7 Å². The summed E-state index contributed by atoms with van der Waals surface area (Å²) in [5.41, 5.74) is 6.33. The Morgan fingerprint density at radius 1 is 0.487 bits per heavy atom. The van der Waals surface area contributed by atoms with Crippen molar-refractivity contribution in [3.63, 3.8) is 0 Å². The molecule has 0 aliphatic rings. The van der Waals surface area contributed by atoms with Crippen LogP contribution in [0.4, 0.5) is 0 Å². The maximum Gasteiger partial charge on any atom is 0.0734 e. The van der Waals surface area contributed by atoms with Crippen LogP contribution in [0.3, 0.4) is 0 Å². The van der Waals surface area contributed by atoms with Crippen LogP contribution < -0.4 is 0 Å². The largest absolute Gasteiger partial charge is 0.308 e. The first-order valence-corrected chi connectivity index (χ1v) is 14.8. The van der Waals surface area contributed by atoms with Crippen LogP contribution >= 0.6 is 22.7 Å². The summed E-state index contributed by atoms with van der Waals surface area (Å²) in [7, 11) is 0. The van der Waals surface area contributed by atoms with Crippen molar-refractivity contribution in [1.82, 2.24) is 4.57 Å². The predicted octanol–water partition coefficient (Wildman–Crippen LogP) is 11.2. The topological polar surface area (TPSA) is 4.93 Å². The molecule has 182 valence electrons. The molecule has 3 heteroatoms. The summed E-state index contributed by atoms with van der Waals surface area (Å²) in [4.78, 5) is 0. The molecule has 0 fully saturated rings. The summed E-state index contributed by atoms with van der Waals surface area (Å²) < 4.78 is 7.82. The number of fused-ring (bicyclic) bond motifs is 9. The number of hydrogen-bond donors (Lipinski definition) is 0. The highest BCUT2D eigenvalue weighted by Gasteiger charge is 2.20. The lowest BCUT2D eigenvalue weighted by Gasteiger charge is -2.10. The van der Waals surface area contributed by atoms with Gasteiger partial charge in [0.2, 0.25) is 0 Å². The zero-order chi connectivity index (χ0) is 25.5. The van der Waals surface area contributed by atoms with Gasteiger partial charge in [0.15, 0.2) is 0 Å². The zero-order valence-electron chi connectivity index (χ0n) is 20.9. The lowest BCUT2D eigenvalue weighted by molar-refractivity contribution is 1.19. The van der Waals surface area contributed by atoms with Crippen LogP contribution in [0, 0.1) is 0 Å². The van der Waals surface area contributed by atoms with E-state index in [0.29, 0.717) is 0 Å². The maximum atomic E-state index is 2.45. The first kappa shape index (κ1) is 21.5. The molecule has 0 amide bonds. The van der Waals surface area contributed by atoms with Crippen molar-refractivity contribution in [1.29, 1.82) is 0 Å². The monoisotopic (exact) mass is 531 g/mol. The fourth-order valence-electron chi connectivity index (χ4n) is 6.22. The van der Waals surface area contributed by atoms with Crippen molar-refractivity contribution in [2.24, 2.45) is 0 Å². The highest BCUT2D eigenvalue weighted by molar-refractivity contribution is 7.27. The van der Waals surface area contributed by atoms with Crippen molar-refractivity contribution in [3.8, 4) is 16.8 Å². The maximum absolute atomic E-state index is 2.45. The van der Waals surface area contributed by atoms with Crippen molar-refractivity contribution < 1.29 is 0 Å². The third-order valence-electron chi connectivity index (χ3n) is 7.97. The Morgan fingerprint density at radius 3 is 2.15 bits per heavy atom. The Balaban J connectivity index is 1.36. The van der Waals surface area contributed by atoms with Crippen LogP contribution in [0.1, 0.15) is 0 Å². The molecule has 6 aromatic carbocycles. The zero-order valence-corrected chi connectivity index (χ0v) is 22.5. The molecule has 0 saturated heterocycles. The molecule has 0 atom stereocenters. The van der Waals surface area contributed by atoms with Crippen molar-refractivity contribution in [2.75, 3.05) is 0 Å². The molecule has 0 aliphatic heterocycles. The third kappa shape index (κ3) is 3.06. The van der Waals surface area contributed by atoms with Gasteiger partial charge in [-0.25, -0.2) is 0 Å². The Bertz CT molecular complexity index is 2390. The van der Waals surface area contributed by atoms with E-state index in [-0.39, 0.29) is 0 Å². The molecule has 39 heavy (non-hydrogen) atoms. The van der Waals surface area contributed by atoms with E-state index in [2.05, 4.69) is 132 Å². The molecular formula is C36H21NS2. The van der Waals surface area contributed by atoms with Gasteiger partial charge in [-0.15, -0.1) is 22.7 Å². The summed E-state index contributed by atoms with van der Waals surface area (Å²) in [6.45, 7) is 0. The van der Waals surface area contributed by atoms with Crippen LogP contribution in [0.15, 0.2) is 127 Å². The highest BCUT2D eigenvalue weighted by Crippen LogP contribution is 2.46. The summed E-state index contributed by atoms with van der Waals surface area (Å²) >= 11 is 3.80. The van der Waals surface area contributed by atoms with Crippen LogP contribution in [0.2, 0.25) is 0 Å². The molecule has 3 aromatic heterocycles. The normalized spacial score (nSPS) is 12.1. The number of benzene rings is 6. The van der Waals surface area contributed by atoms with E-state index in [0.717, 1.165) is 0 Å². The average molecular weight is 532 g/mol. The smallest absolute Gasteiger partial charge is 0.0734 e. The fraction of sp³-hybridized carbons (Fsp3) is 0. The van der Waals surface area contributed by atoms with E-state index < -0.39 is 0 Å². The number of thiophene rings is 2. The standard InChI is InChI=1S/C36H21NS2/c1-2-11-25(12-3-1)37-30-15-7-6-13-28(30)36-35(37)34-26(14-8-16-31(34)39-36)24-17-18-27-29-19-22-9-4-5-10-23(22)20-33(29)38-32(27)21-24/h1-21H. The molecule has 9 rings (SSSR count). The van der Waals surface area contributed by atoms with E-state index >= 15 is 0 Å². The van der Waals surface area contributed by atoms with Gasteiger partial charge >= 0.3 is 0 Å². The van der Waals surface area contributed by atoms with Crippen molar-refractivity contribution in [2.45, 2.75) is 0 Å². The van der Waals surface area contributed by atoms with Gasteiger partial charge in [-0.05, 0) is 64.4 Å². The van der Waals surface area contributed by atoms with Crippen molar-refractivity contribution >= 4 is 84.8 Å². The quantitative estimate of drug-likeness (QED) is 0.209. The summed E-state index contributed by atoms with van der Waals surface area (Å²) in [6, 6.07) is 46.8. The third-order valence-corrected chi connectivity index (χ3v) is 10.3. The number of aromatic nitrogens is 1. The van der Waals surface area contributed by atoms with E-state index in [1.807, 2.05) is 22.7 Å². The number of nitrogens with zero attached hydrogens (tertiary/aromatic N) is 1. The number of hydrogen-bond acceptors (Lipinski definition) is 2. The second kappa shape index (κ2) is 8.03. The van der Waals surface area contributed by atoms with Crippen LogP contribution in [-0.4, -0.2) is 4.57 Å². The highest BCUT2D eigenvalue weighted by atomic mass is 32.1. The first-order valence-electron chi connectivity index (χ1n) is 13.2. The van der Waals surface area contributed by atoms with Gasteiger partial charge in [0.25, 0.3) is 0 Å². The minimum absolute atomic E-state index is 1.20. The fourth-order valence-corrected chi connectivity index (χ4v) is 8.65. The predicted molar refractivity (Wildman–Crippen MR) is 172 cm³/mol. The molecule has 1 nitrogen and oxygen atoms in total. The summed E-state index contributed by atoms with van der Waals surface area (Å²) in [5.74, 6) is 0. The van der Waals surface area contributed by atoms with E-state index in [1.54, 1.807) is 0 Å². The van der Waals surface area contributed by atoms with Crippen LogP contribution in [-0.2, 0) is 0 Å². The average Bonchev–Trinajstić information content (AvgIpc) is 3.64. The second-order valence-electron chi connectivity index (χ2n) is 10.2.